The Hall–Kier alpha value is -1.62. The summed E-state index contributed by atoms with van der Waals surface area (Å²) in [5.41, 5.74) is 5.63. The van der Waals surface area contributed by atoms with Gasteiger partial charge in [0, 0.05) is 25.1 Å². The highest BCUT2D eigenvalue weighted by Crippen LogP contribution is 2.32. The zero-order valence-electron chi connectivity index (χ0n) is 11.5. The van der Waals surface area contributed by atoms with E-state index in [2.05, 4.69) is 5.32 Å². The zero-order chi connectivity index (χ0) is 14.4. The van der Waals surface area contributed by atoms with Gasteiger partial charge in [-0.05, 0) is 37.3 Å². The molecule has 1 aliphatic carbocycles. The minimum Gasteiger partial charge on any atom is -0.493 e. The van der Waals surface area contributed by atoms with Gasteiger partial charge in [0.25, 0.3) is 0 Å². The van der Waals surface area contributed by atoms with Gasteiger partial charge in [0.2, 0.25) is 5.91 Å². The summed E-state index contributed by atoms with van der Waals surface area (Å²) in [6.45, 7) is 0.893. The number of hydrogen-bond donors (Lipinski definition) is 2. The van der Waals surface area contributed by atoms with Crippen molar-refractivity contribution < 1.29 is 13.9 Å². The normalized spacial score (nSPS) is 15.7. The Bertz CT molecular complexity index is 449. The Balaban J connectivity index is 1.61. The molecule has 2 rings (SSSR count). The van der Waals surface area contributed by atoms with Gasteiger partial charge in [-0.2, -0.15) is 0 Å². The van der Waals surface area contributed by atoms with Gasteiger partial charge in [-0.15, -0.1) is 0 Å². The van der Waals surface area contributed by atoms with Gasteiger partial charge in [-0.3, -0.25) is 4.79 Å². The predicted octanol–water partition coefficient (Wildman–Crippen LogP) is 1.84. The maximum Gasteiger partial charge on any atom is 0.220 e. The number of nitrogens with two attached hydrogens (primary N) is 1. The van der Waals surface area contributed by atoms with Crippen molar-refractivity contribution in [3.8, 4) is 5.75 Å². The molecular formula is C15H21FN2O2. The van der Waals surface area contributed by atoms with Crippen molar-refractivity contribution in [2.75, 3.05) is 13.2 Å². The Morgan fingerprint density at radius 1 is 1.50 bits per heavy atom. The molecular weight excluding hydrogens is 259 g/mol. The predicted molar refractivity (Wildman–Crippen MR) is 74.8 cm³/mol. The Morgan fingerprint density at radius 2 is 2.30 bits per heavy atom. The van der Waals surface area contributed by atoms with Crippen molar-refractivity contribution in [1.82, 2.24) is 5.32 Å². The molecule has 0 aliphatic heterocycles. The molecule has 0 bridgehead atoms. The highest BCUT2D eigenvalue weighted by atomic mass is 19.1. The molecule has 1 fully saturated rings. The van der Waals surface area contributed by atoms with Crippen LogP contribution in [0.1, 0.15) is 25.7 Å². The molecule has 1 aromatic carbocycles. The number of benzene rings is 1. The number of halogens is 1. The molecule has 3 N–H and O–H groups in total. The minimum atomic E-state index is -0.324. The van der Waals surface area contributed by atoms with Crippen LogP contribution in [0, 0.1) is 11.7 Å². The smallest absolute Gasteiger partial charge is 0.220 e. The number of nitrogens with one attached hydrogen (secondary N) is 1. The molecule has 1 aromatic rings. The number of hydrogen-bond acceptors (Lipinski definition) is 3. The molecule has 1 saturated carbocycles. The molecule has 4 nitrogen and oxygen atoms in total. The fourth-order valence-corrected chi connectivity index (χ4v) is 2.13. The van der Waals surface area contributed by atoms with E-state index in [-0.39, 0.29) is 17.8 Å². The number of ether oxygens (including phenoxy) is 1. The van der Waals surface area contributed by atoms with E-state index in [9.17, 15) is 9.18 Å². The third kappa shape index (κ3) is 4.81. The zero-order valence-corrected chi connectivity index (χ0v) is 11.5. The van der Waals surface area contributed by atoms with Crippen LogP contribution in [0.4, 0.5) is 4.39 Å². The molecule has 5 heteroatoms. The van der Waals surface area contributed by atoms with E-state index < -0.39 is 0 Å². The summed E-state index contributed by atoms with van der Waals surface area (Å²) in [5, 5.41) is 2.96. The summed E-state index contributed by atoms with van der Waals surface area (Å²) in [6.07, 6.45) is 3.32. The first-order valence-electron chi connectivity index (χ1n) is 7.07. The fraction of sp³-hybridized carbons (Fsp3) is 0.533. The third-order valence-corrected chi connectivity index (χ3v) is 3.40. The molecule has 0 spiro atoms. The maximum absolute atomic E-state index is 12.9. The summed E-state index contributed by atoms with van der Waals surface area (Å²) in [6, 6.07) is 6.11. The van der Waals surface area contributed by atoms with Crippen LogP contribution in [0.25, 0.3) is 0 Å². The molecule has 20 heavy (non-hydrogen) atoms. The van der Waals surface area contributed by atoms with Gasteiger partial charge in [-0.1, -0.05) is 6.07 Å². The molecule has 1 aliphatic rings. The summed E-state index contributed by atoms with van der Waals surface area (Å²) in [7, 11) is 0. The van der Waals surface area contributed by atoms with E-state index in [0.29, 0.717) is 37.7 Å². The molecule has 0 heterocycles. The van der Waals surface area contributed by atoms with E-state index >= 15 is 0 Å². The highest BCUT2D eigenvalue weighted by Gasteiger charge is 2.30. The average molecular weight is 280 g/mol. The Labute approximate surface area is 118 Å². The molecule has 110 valence electrons. The summed E-state index contributed by atoms with van der Waals surface area (Å²) in [5.74, 6) is 0.737. The van der Waals surface area contributed by atoms with Crippen LogP contribution in [0.2, 0.25) is 0 Å². The lowest BCUT2D eigenvalue weighted by molar-refractivity contribution is -0.122. The number of carbonyl (C=O) groups is 1. The van der Waals surface area contributed by atoms with E-state index in [0.717, 1.165) is 12.8 Å². The van der Waals surface area contributed by atoms with E-state index in [1.165, 1.54) is 12.1 Å². The first-order valence-corrected chi connectivity index (χ1v) is 7.07. The monoisotopic (exact) mass is 280 g/mol. The number of amides is 1. The van der Waals surface area contributed by atoms with E-state index in [4.69, 9.17) is 10.5 Å². The first kappa shape index (κ1) is 14.8. The molecule has 1 unspecified atom stereocenters. The van der Waals surface area contributed by atoms with Crippen LogP contribution in [-0.2, 0) is 4.79 Å². The standard InChI is InChI=1S/C15H21FN2O2/c16-12-3-1-4-13(9-12)20-8-2-5-15(19)18-14(10-17)11-6-7-11/h1,3-4,9,11,14H,2,5-8,10,17H2,(H,18,19). The average Bonchev–Trinajstić information content (AvgIpc) is 3.25. The van der Waals surface area contributed by atoms with Crippen molar-refractivity contribution in [1.29, 1.82) is 0 Å². The highest BCUT2D eigenvalue weighted by molar-refractivity contribution is 5.76. The quantitative estimate of drug-likeness (QED) is 0.714. The van der Waals surface area contributed by atoms with Crippen molar-refractivity contribution in [2.24, 2.45) is 11.7 Å². The lowest BCUT2D eigenvalue weighted by atomic mass is 10.2. The lowest BCUT2D eigenvalue weighted by Crippen LogP contribution is -2.41. The SMILES string of the molecule is NCC(NC(=O)CCCOc1cccc(F)c1)C1CC1. The van der Waals surface area contributed by atoms with Gasteiger partial charge in [0.05, 0.1) is 6.61 Å². The van der Waals surface area contributed by atoms with Gasteiger partial charge < -0.3 is 15.8 Å². The second-order valence-electron chi connectivity index (χ2n) is 5.16. The minimum absolute atomic E-state index is 0.00944. The van der Waals surface area contributed by atoms with Gasteiger partial charge in [0.15, 0.2) is 0 Å². The van der Waals surface area contributed by atoms with Gasteiger partial charge >= 0.3 is 0 Å². The van der Waals surface area contributed by atoms with Crippen LogP contribution in [0.3, 0.4) is 0 Å². The number of carbonyl (C=O) groups excluding carboxylic acids is 1. The molecule has 0 aromatic heterocycles. The molecule has 1 atom stereocenters. The molecule has 0 radical (unpaired) electrons. The van der Waals surface area contributed by atoms with Crippen LogP contribution in [0.5, 0.6) is 5.75 Å². The Morgan fingerprint density at radius 3 is 2.95 bits per heavy atom. The van der Waals surface area contributed by atoms with Gasteiger partial charge in [0.1, 0.15) is 11.6 Å². The summed E-state index contributed by atoms with van der Waals surface area (Å²) in [4.78, 5) is 11.7. The van der Waals surface area contributed by atoms with E-state index in [1.807, 2.05) is 0 Å². The fourth-order valence-electron chi connectivity index (χ4n) is 2.13. The largest absolute Gasteiger partial charge is 0.493 e. The van der Waals surface area contributed by atoms with Gasteiger partial charge in [-0.25, -0.2) is 4.39 Å². The van der Waals surface area contributed by atoms with Crippen LogP contribution >= 0.6 is 0 Å². The van der Waals surface area contributed by atoms with Crippen molar-refractivity contribution in [2.45, 2.75) is 31.7 Å². The second-order valence-corrected chi connectivity index (χ2v) is 5.16. The van der Waals surface area contributed by atoms with E-state index in [1.54, 1.807) is 12.1 Å². The maximum atomic E-state index is 12.9. The first-order chi connectivity index (χ1) is 9.69. The third-order valence-electron chi connectivity index (χ3n) is 3.40. The lowest BCUT2D eigenvalue weighted by Gasteiger charge is -2.15. The van der Waals surface area contributed by atoms with Crippen molar-refractivity contribution in [3.05, 3.63) is 30.1 Å². The molecule has 1 amide bonds. The number of rotatable bonds is 8. The summed E-state index contributed by atoms with van der Waals surface area (Å²) >= 11 is 0. The second kappa shape index (κ2) is 7.24. The van der Waals surface area contributed by atoms with Crippen LogP contribution in [-0.4, -0.2) is 25.1 Å². The Kier molecular flexibility index (Phi) is 5.35. The van der Waals surface area contributed by atoms with Crippen molar-refractivity contribution in [3.63, 3.8) is 0 Å². The topological polar surface area (TPSA) is 64.3 Å². The summed E-state index contributed by atoms with van der Waals surface area (Å²) < 4.78 is 18.3. The van der Waals surface area contributed by atoms with Crippen LogP contribution < -0.4 is 15.8 Å². The molecule has 0 saturated heterocycles. The van der Waals surface area contributed by atoms with Crippen molar-refractivity contribution >= 4 is 5.91 Å². The van der Waals surface area contributed by atoms with Crippen LogP contribution in [0.15, 0.2) is 24.3 Å².